The number of rotatable bonds is 6. The first-order chi connectivity index (χ1) is 31.5. The first-order valence-corrected chi connectivity index (χ1v) is 27.0. The predicted octanol–water partition coefficient (Wildman–Crippen LogP) is 14.0. The Kier molecular flexibility index (Phi) is 34.6. The Bertz CT molecular complexity index is 1350. The van der Waals surface area contributed by atoms with E-state index in [2.05, 4.69) is 160 Å². The number of hydrogen-bond donors (Lipinski definition) is 2. The predicted molar refractivity (Wildman–Crippen MR) is 300 cm³/mol. The molecule has 7 nitrogen and oxygen atoms in total. The fourth-order valence-corrected chi connectivity index (χ4v) is 8.98. The minimum absolute atomic E-state index is 0.369. The average molecular weight is 941 g/mol. The average Bonchev–Trinajstić information content (AvgIpc) is 3.89. The Morgan fingerprint density at radius 1 is 0.433 bits per heavy atom. The maximum Gasteiger partial charge on any atom is 0.0785 e. The monoisotopic (exact) mass is 940 g/mol. The summed E-state index contributed by atoms with van der Waals surface area (Å²) in [6.45, 7) is 54.7. The fourth-order valence-electron chi connectivity index (χ4n) is 8.98. The minimum Gasteiger partial charge on any atom is -0.388 e. The number of nitrogens with zero attached hydrogens (tertiary/aromatic N) is 5. The van der Waals surface area contributed by atoms with Gasteiger partial charge in [0.25, 0.3) is 0 Å². The smallest absolute Gasteiger partial charge is 0.0785 e. The van der Waals surface area contributed by atoms with E-state index in [4.69, 9.17) is 0 Å². The SMILES string of the molecule is CC1CCCN(C(C)C)C1.CC1CCN(C(C)(C)C)CC1C.CC1CCN(C(C)C)C1.CC1CN(C(C)C)C1.CC1CN(C(C)C)CC1C.CF.CNc1ccccc1.CNc1ccccc1. The second-order valence-corrected chi connectivity index (χ2v) is 23.1. The highest BCUT2D eigenvalue weighted by Gasteiger charge is 2.30. The van der Waals surface area contributed by atoms with Crippen molar-refractivity contribution in [2.75, 3.05) is 97.4 Å². The van der Waals surface area contributed by atoms with Crippen LogP contribution in [0.25, 0.3) is 0 Å². The summed E-state index contributed by atoms with van der Waals surface area (Å²) in [4.78, 5) is 12.8. The largest absolute Gasteiger partial charge is 0.388 e. The molecule has 2 aromatic rings. The number of benzene rings is 2. The van der Waals surface area contributed by atoms with Crippen molar-refractivity contribution in [3.63, 3.8) is 0 Å². The van der Waals surface area contributed by atoms with Crippen LogP contribution >= 0.6 is 0 Å². The fraction of sp³-hybridized carbons (Fsp3) is 0.797. The molecule has 0 spiro atoms. The van der Waals surface area contributed by atoms with Gasteiger partial charge in [0.15, 0.2) is 0 Å². The van der Waals surface area contributed by atoms with Gasteiger partial charge >= 0.3 is 0 Å². The van der Waals surface area contributed by atoms with Gasteiger partial charge in [-0.15, -0.1) is 0 Å². The second kappa shape index (κ2) is 35.8. The molecule has 0 bridgehead atoms. The normalized spacial score (nSPS) is 24.8. The van der Waals surface area contributed by atoms with Crippen LogP contribution in [-0.2, 0) is 0 Å². The van der Waals surface area contributed by atoms with Gasteiger partial charge in [0.05, 0.1) is 7.18 Å². The van der Waals surface area contributed by atoms with Crippen molar-refractivity contribution in [3.05, 3.63) is 60.7 Å². The molecule has 0 amide bonds. The molecule has 2 N–H and O–H groups in total. The summed E-state index contributed by atoms with van der Waals surface area (Å²) in [5.74, 6) is 6.42. The highest BCUT2D eigenvalue weighted by atomic mass is 19.1. The second-order valence-electron chi connectivity index (χ2n) is 23.1. The maximum absolute atomic E-state index is 9.50. The Morgan fingerprint density at radius 2 is 0.791 bits per heavy atom. The quantitative estimate of drug-likeness (QED) is 0.299. The standard InChI is InChI=1S/C11H23N.2C9H19N.C8H17N.C7H15N.2C7H9N.CH3F/c1-9-6-7-12(8-10(9)2)11(3,4)5;1-7(2)10-5-8(3)9(4)6-10;1-8(2)10-6-4-5-9(3)7-10;1-7(2)9-5-4-8(3)6-9;1-6(2)8-4-7(3)5-8;2*1-8-7-5-3-2-4-6-7;1-2/h9-10H,6-8H2,1-5H3;7-9H,5-6H2,1-4H3;8-9H,4-7H2,1-3H3;7-8H,4-6H2,1-3H3;6-7H,4-5H2,1-3H3;2*2-6,8H,1H3;1H3. The van der Waals surface area contributed by atoms with E-state index in [9.17, 15) is 4.39 Å². The van der Waals surface area contributed by atoms with Crippen molar-refractivity contribution in [2.45, 2.75) is 180 Å². The zero-order valence-electron chi connectivity index (χ0n) is 48.1. The molecular formula is C59H114FN7. The van der Waals surface area contributed by atoms with Crippen LogP contribution in [0.15, 0.2) is 60.7 Å². The molecule has 0 radical (unpaired) electrons. The van der Waals surface area contributed by atoms with Crippen LogP contribution in [0.1, 0.15) is 150 Å². The van der Waals surface area contributed by atoms with Crippen LogP contribution in [0.5, 0.6) is 0 Å². The molecule has 392 valence electrons. The van der Waals surface area contributed by atoms with Crippen LogP contribution in [0, 0.1) is 41.4 Å². The van der Waals surface area contributed by atoms with Gasteiger partial charge in [-0.3, -0.25) is 9.29 Å². The molecule has 6 unspecified atom stereocenters. The molecule has 7 rings (SSSR count). The van der Waals surface area contributed by atoms with Gasteiger partial charge in [0, 0.05) is 101 Å². The molecule has 2 aromatic carbocycles. The van der Waals surface area contributed by atoms with Crippen molar-refractivity contribution in [1.29, 1.82) is 0 Å². The van der Waals surface area contributed by atoms with Gasteiger partial charge in [-0.25, -0.2) is 0 Å². The van der Waals surface area contributed by atoms with E-state index >= 15 is 0 Å². The van der Waals surface area contributed by atoms with Gasteiger partial charge in [-0.2, -0.15) is 0 Å². The van der Waals surface area contributed by atoms with Gasteiger partial charge in [0.2, 0.25) is 0 Å². The zero-order valence-corrected chi connectivity index (χ0v) is 48.1. The number of nitrogens with one attached hydrogen (secondary N) is 2. The summed E-state index contributed by atoms with van der Waals surface area (Å²) in [5.41, 5.74) is 2.69. The lowest BCUT2D eigenvalue weighted by Crippen LogP contribution is -2.48. The lowest BCUT2D eigenvalue weighted by Gasteiger charge is -2.43. The molecule has 0 saturated carbocycles. The van der Waals surface area contributed by atoms with E-state index in [0.717, 1.165) is 77.0 Å². The lowest BCUT2D eigenvalue weighted by molar-refractivity contribution is 0.0584. The van der Waals surface area contributed by atoms with Crippen molar-refractivity contribution >= 4 is 11.4 Å². The molecular weight excluding hydrogens is 826 g/mol. The van der Waals surface area contributed by atoms with Crippen LogP contribution < -0.4 is 10.6 Å². The summed E-state index contributed by atoms with van der Waals surface area (Å²) < 4.78 is 9.50. The highest BCUT2D eigenvalue weighted by Crippen LogP contribution is 2.27. The Hall–Kier alpha value is -2.23. The van der Waals surface area contributed by atoms with Gasteiger partial charge in [-0.1, -0.05) is 84.9 Å². The lowest BCUT2D eigenvalue weighted by atomic mass is 9.86. The maximum atomic E-state index is 9.50. The third kappa shape index (κ3) is 28.9. The molecule has 5 aliphatic rings. The summed E-state index contributed by atoms with van der Waals surface area (Å²) in [6, 6.07) is 23.2. The molecule has 0 aromatic heterocycles. The molecule has 0 aliphatic carbocycles. The molecule has 67 heavy (non-hydrogen) atoms. The Morgan fingerprint density at radius 3 is 1.04 bits per heavy atom. The number of hydrogen-bond acceptors (Lipinski definition) is 7. The Balaban J connectivity index is 0.000000757. The molecule has 5 fully saturated rings. The van der Waals surface area contributed by atoms with Gasteiger partial charge in [-0.05, 0) is 187 Å². The number of alkyl halides is 1. The van der Waals surface area contributed by atoms with Crippen molar-refractivity contribution in [1.82, 2.24) is 24.5 Å². The topological polar surface area (TPSA) is 40.3 Å². The van der Waals surface area contributed by atoms with E-state index in [-0.39, 0.29) is 0 Å². The molecule has 8 heteroatoms. The molecule has 5 aliphatic heterocycles. The zero-order chi connectivity index (χ0) is 51.3. The van der Waals surface area contributed by atoms with E-state index in [0.29, 0.717) is 12.7 Å². The van der Waals surface area contributed by atoms with E-state index in [1.807, 2.05) is 74.8 Å². The van der Waals surface area contributed by atoms with Gasteiger partial charge in [0.1, 0.15) is 0 Å². The minimum atomic E-state index is 0.369. The van der Waals surface area contributed by atoms with E-state index in [1.165, 1.54) is 91.1 Å². The number of para-hydroxylation sites is 2. The number of anilines is 2. The van der Waals surface area contributed by atoms with Crippen molar-refractivity contribution in [3.8, 4) is 0 Å². The third-order valence-electron chi connectivity index (χ3n) is 14.6. The third-order valence-corrected chi connectivity index (χ3v) is 14.6. The van der Waals surface area contributed by atoms with Crippen LogP contribution in [0.3, 0.4) is 0 Å². The summed E-state index contributed by atoms with van der Waals surface area (Å²) in [6.07, 6.45) is 5.61. The first kappa shape index (κ1) is 64.8. The van der Waals surface area contributed by atoms with Crippen LogP contribution in [0.4, 0.5) is 15.8 Å². The van der Waals surface area contributed by atoms with E-state index < -0.39 is 0 Å². The number of piperidine rings is 2. The van der Waals surface area contributed by atoms with Crippen LogP contribution in [0.2, 0.25) is 0 Å². The summed E-state index contributed by atoms with van der Waals surface area (Å²) >= 11 is 0. The van der Waals surface area contributed by atoms with Crippen molar-refractivity contribution < 1.29 is 4.39 Å². The summed E-state index contributed by atoms with van der Waals surface area (Å²) in [5, 5.41) is 6.05. The van der Waals surface area contributed by atoms with E-state index in [1.54, 1.807) is 0 Å². The molecule has 5 heterocycles. The number of likely N-dealkylation sites (tertiary alicyclic amines) is 5. The first-order valence-electron chi connectivity index (χ1n) is 27.0. The molecule has 6 atom stereocenters. The number of halogens is 1. The van der Waals surface area contributed by atoms with Crippen molar-refractivity contribution in [2.24, 2.45) is 41.4 Å². The Labute approximate surface area is 418 Å². The van der Waals surface area contributed by atoms with Gasteiger partial charge < -0.3 is 30.2 Å². The summed E-state index contributed by atoms with van der Waals surface area (Å²) in [7, 11) is 4.32. The van der Waals surface area contributed by atoms with Crippen LogP contribution in [-0.4, -0.2) is 141 Å². The highest BCUT2D eigenvalue weighted by molar-refractivity contribution is 5.41. The molecule has 5 saturated heterocycles.